The van der Waals surface area contributed by atoms with E-state index in [-0.39, 0.29) is 6.10 Å². The Bertz CT molecular complexity index is 592. The van der Waals surface area contributed by atoms with Gasteiger partial charge in [0.05, 0.1) is 17.3 Å². The molecule has 0 aliphatic carbocycles. The highest BCUT2D eigenvalue weighted by Crippen LogP contribution is 2.23. The molecule has 0 radical (unpaired) electrons. The Kier molecular flexibility index (Phi) is 3.76. The van der Waals surface area contributed by atoms with Crippen LogP contribution in [0.2, 0.25) is 0 Å². The number of aliphatic hydroxyl groups excluding tert-OH is 1. The Morgan fingerprint density at radius 1 is 1.35 bits per heavy atom. The quantitative estimate of drug-likeness (QED) is 0.932. The van der Waals surface area contributed by atoms with E-state index in [9.17, 15) is 5.11 Å². The highest BCUT2D eigenvalue weighted by molar-refractivity contribution is 5.81. The van der Waals surface area contributed by atoms with Crippen LogP contribution in [-0.2, 0) is 13.1 Å². The van der Waals surface area contributed by atoms with Gasteiger partial charge in [0.15, 0.2) is 0 Å². The highest BCUT2D eigenvalue weighted by atomic mass is 16.3. The maximum atomic E-state index is 9.83. The van der Waals surface area contributed by atoms with Crippen LogP contribution in [0.5, 0.6) is 0 Å². The standard InChI is InChI=1S/C16H23N3O/c1-3-19-15-7-5-4-6-13(15)14(17-19)11-18-9-8-16(20)12(2)10-18/h4-7,12,16,20H,3,8-11H2,1-2H3. The molecule has 20 heavy (non-hydrogen) atoms. The van der Waals surface area contributed by atoms with Crippen molar-refractivity contribution in [1.82, 2.24) is 14.7 Å². The zero-order valence-electron chi connectivity index (χ0n) is 12.3. The number of para-hydroxylation sites is 1. The third-order valence-electron chi connectivity index (χ3n) is 4.35. The molecule has 2 heterocycles. The van der Waals surface area contributed by atoms with Crippen molar-refractivity contribution >= 4 is 10.9 Å². The molecule has 3 rings (SSSR count). The molecule has 4 nitrogen and oxygen atoms in total. The number of rotatable bonds is 3. The van der Waals surface area contributed by atoms with Gasteiger partial charge in [-0.3, -0.25) is 9.58 Å². The number of aryl methyl sites for hydroxylation is 1. The molecule has 0 spiro atoms. The highest BCUT2D eigenvalue weighted by Gasteiger charge is 2.25. The molecule has 108 valence electrons. The molecule has 1 aliphatic heterocycles. The van der Waals surface area contributed by atoms with Crippen molar-refractivity contribution in [3.8, 4) is 0 Å². The van der Waals surface area contributed by atoms with Crippen molar-refractivity contribution in [2.45, 2.75) is 39.5 Å². The van der Waals surface area contributed by atoms with Crippen molar-refractivity contribution in [1.29, 1.82) is 0 Å². The number of hydrogen-bond acceptors (Lipinski definition) is 3. The average molecular weight is 273 g/mol. The predicted octanol–water partition coefficient (Wildman–Crippen LogP) is 2.26. The van der Waals surface area contributed by atoms with Crippen LogP contribution in [0, 0.1) is 5.92 Å². The van der Waals surface area contributed by atoms with Crippen molar-refractivity contribution in [3.63, 3.8) is 0 Å². The first kappa shape index (κ1) is 13.6. The fourth-order valence-electron chi connectivity index (χ4n) is 3.13. The number of aliphatic hydroxyl groups is 1. The first-order valence-electron chi connectivity index (χ1n) is 7.54. The molecule has 1 saturated heterocycles. The van der Waals surface area contributed by atoms with Crippen molar-refractivity contribution in [3.05, 3.63) is 30.0 Å². The number of piperidine rings is 1. The maximum Gasteiger partial charge on any atom is 0.0843 e. The van der Waals surface area contributed by atoms with Crippen LogP contribution in [0.4, 0.5) is 0 Å². The van der Waals surface area contributed by atoms with Gasteiger partial charge in [-0.05, 0) is 25.3 Å². The lowest BCUT2D eigenvalue weighted by Crippen LogP contribution is -2.41. The minimum atomic E-state index is -0.142. The van der Waals surface area contributed by atoms with E-state index in [1.54, 1.807) is 0 Å². The Balaban J connectivity index is 1.84. The lowest BCUT2D eigenvalue weighted by atomic mass is 9.96. The molecule has 4 heteroatoms. The number of likely N-dealkylation sites (tertiary alicyclic amines) is 1. The van der Waals surface area contributed by atoms with Crippen LogP contribution >= 0.6 is 0 Å². The molecule has 0 saturated carbocycles. The van der Waals surface area contributed by atoms with E-state index >= 15 is 0 Å². The van der Waals surface area contributed by atoms with Gasteiger partial charge in [0, 0.05) is 31.6 Å². The molecule has 1 N–H and O–H groups in total. The van der Waals surface area contributed by atoms with Crippen molar-refractivity contribution in [2.75, 3.05) is 13.1 Å². The second kappa shape index (κ2) is 5.54. The second-order valence-corrected chi connectivity index (χ2v) is 5.85. The largest absolute Gasteiger partial charge is 0.393 e. The molecule has 2 aromatic rings. The molecule has 1 aromatic heterocycles. The smallest absolute Gasteiger partial charge is 0.0843 e. The fraction of sp³-hybridized carbons (Fsp3) is 0.562. The third-order valence-corrected chi connectivity index (χ3v) is 4.35. The van der Waals surface area contributed by atoms with Crippen LogP contribution in [0.15, 0.2) is 24.3 Å². The summed E-state index contributed by atoms with van der Waals surface area (Å²) in [5.41, 5.74) is 2.38. The topological polar surface area (TPSA) is 41.3 Å². The zero-order chi connectivity index (χ0) is 14.1. The van der Waals surface area contributed by atoms with Crippen LogP contribution in [0.3, 0.4) is 0 Å². The summed E-state index contributed by atoms with van der Waals surface area (Å²) in [5.74, 6) is 0.350. The summed E-state index contributed by atoms with van der Waals surface area (Å²) < 4.78 is 2.08. The summed E-state index contributed by atoms with van der Waals surface area (Å²) in [5, 5.41) is 15.8. The van der Waals surface area contributed by atoms with Gasteiger partial charge in [-0.15, -0.1) is 0 Å². The number of hydrogen-bond donors (Lipinski definition) is 1. The Hall–Kier alpha value is -1.39. The Labute approximate surface area is 120 Å². The molecule has 0 amide bonds. The van der Waals surface area contributed by atoms with Crippen LogP contribution in [-0.4, -0.2) is 39.0 Å². The van der Waals surface area contributed by atoms with Gasteiger partial charge in [-0.1, -0.05) is 25.1 Å². The van der Waals surface area contributed by atoms with Crippen LogP contribution < -0.4 is 0 Å². The molecular weight excluding hydrogens is 250 g/mol. The van der Waals surface area contributed by atoms with Crippen LogP contribution in [0.25, 0.3) is 10.9 Å². The number of benzene rings is 1. The van der Waals surface area contributed by atoms with E-state index in [2.05, 4.69) is 47.7 Å². The average Bonchev–Trinajstić information content (AvgIpc) is 2.81. The number of nitrogens with zero attached hydrogens (tertiary/aromatic N) is 3. The van der Waals surface area contributed by atoms with Gasteiger partial charge in [0.2, 0.25) is 0 Å². The summed E-state index contributed by atoms with van der Waals surface area (Å²) in [4.78, 5) is 2.41. The molecule has 2 atom stereocenters. The summed E-state index contributed by atoms with van der Waals surface area (Å²) in [6.07, 6.45) is 0.726. The van der Waals surface area contributed by atoms with Gasteiger partial charge in [-0.2, -0.15) is 5.10 Å². The second-order valence-electron chi connectivity index (χ2n) is 5.85. The lowest BCUT2D eigenvalue weighted by molar-refractivity contribution is 0.0316. The van der Waals surface area contributed by atoms with Gasteiger partial charge in [-0.25, -0.2) is 0 Å². The Morgan fingerprint density at radius 2 is 2.15 bits per heavy atom. The first-order chi connectivity index (χ1) is 9.69. The molecule has 2 unspecified atom stereocenters. The zero-order valence-corrected chi connectivity index (χ0v) is 12.3. The molecule has 1 aromatic carbocycles. The van der Waals surface area contributed by atoms with Gasteiger partial charge in [0.25, 0.3) is 0 Å². The van der Waals surface area contributed by atoms with Crippen molar-refractivity contribution in [2.24, 2.45) is 5.92 Å². The summed E-state index contributed by atoms with van der Waals surface area (Å²) in [7, 11) is 0. The van der Waals surface area contributed by atoms with Gasteiger partial charge in [0.1, 0.15) is 0 Å². The molecule has 1 fully saturated rings. The number of fused-ring (bicyclic) bond motifs is 1. The minimum absolute atomic E-state index is 0.142. The van der Waals surface area contributed by atoms with E-state index in [4.69, 9.17) is 5.10 Å². The predicted molar refractivity (Wildman–Crippen MR) is 80.5 cm³/mol. The number of aromatic nitrogens is 2. The van der Waals surface area contributed by atoms with Crippen LogP contribution in [0.1, 0.15) is 26.0 Å². The third kappa shape index (κ3) is 2.45. The van der Waals surface area contributed by atoms with E-state index in [1.165, 1.54) is 10.9 Å². The SMILES string of the molecule is CCn1nc(CN2CCC(O)C(C)C2)c2ccccc21. The molecule has 1 aliphatic rings. The summed E-state index contributed by atoms with van der Waals surface area (Å²) >= 11 is 0. The van der Waals surface area contributed by atoms with Gasteiger partial charge >= 0.3 is 0 Å². The minimum Gasteiger partial charge on any atom is -0.393 e. The maximum absolute atomic E-state index is 9.83. The Morgan fingerprint density at radius 3 is 2.90 bits per heavy atom. The lowest BCUT2D eigenvalue weighted by Gasteiger charge is -2.33. The molecular formula is C16H23N3O. The fourth-order valence-corrected chi connectivity index (χ4v) is 3.13. The van der Waals surface area contributed by atoms with E-state index in [0.29, 0.717) is 5.92 Å². The summed E-state index contributed by atoms with van der Waals surface area (Å²) in [6.45, 7) is 7.94. The van der Waals surface area contributed by atoms with E-state index in [0.717, 1.165) is 38.3 Å². The van der Waals surface area contributed by atoms with E-state index < -0.39 is 0 Å². The molecule has 0 bridgehead atoms. The summed E-state index contributed by atoms with van der Waals surface area (Å²) in [6, 6.07) is 8.44. The monoisotopic (exact) mass is 273 g/mol. The normalized spacial score (nSPS) is 24.4. The van der Waals surface area contributed by atoms with Gasteiger partial charge < -0.3 is 5.11 Å². The van der Waals surface area contributed by atoms with E-state index in [1.807, 2.05) is 0 Å². The van der Waals surface area contributed by atoms with Crippen molar-refractivity contribution < 1.29 is 5.11 Å². The first-order valence-corrected chi connectivity index (χ1v) is 7.54.